The van der Waals surface area contributed by atoms with Gasteiger partial charge in [-0.15, -0.1) is 31.7 Å². The molecule has 0 saturated heterocycles. The first kappa shape index (κ1) is 15.1. The van der Waals surface area contributed by atoms with Gasteiger partial charge in [0.2, 0.25) is 0 Å². The average Bonchev–Trinajstić information content (AvgIpc) is 3.12. The van der Waals surface area contributed by atoms with Crippen LogP contribution in [0.5, 0.6) is 0 Å². The van der Waals surface area contributed by atoms with Crippen molar-refractivity contribution in [3.05, 3.63) is 45.9 Å². The third-order valence-electron chi connectivity index (χ3n) is 2.86. The first-order valence-corrected chi connectivity index (χ1v) is 8.29. The number of benzene rings is 1. The highest BCUT2D eigenvalue weighted by Gasteiger charge is 2.14. The maximum absolute atomic E-state index is 13.1. The van der Waals surface area contributed by atoms with Crippen LogP contribution in [0.3, 0.4) is 0 Å². The summed E-state index contributed by atoms with van der Waals surface area (Å²) in [7, 11) is 0. The predicted molar refractivity (Wildman–Crippen MR) is 83.4 cm³/mol. The molecule has 0 fully saturated rings. The molecule has 0 bridgehead atoms. The highest BCUT2D eigenvalue weighted by Crippen LogP contribution is 2.26. The van der Waals surface area contributed by atoms with Crippen LogP contribution in [0.25, 0.3) is 5.69 Å². The molecule has 3 rings (SSSR count). The molecule has 0 saturated carbocycles. The van der Waals surface area contributed by atoms with Crippen LogP contribution in [-0.4, -0.2) is 25.0 Å². The van der Waals surface area contributed by atoms with Gasteiger partial charge in [-0.3, -0.25) is 4.57 Å². The van der Waals surface area contributed by atoms with Gasteiger partial charge in [0.25, 0.3) is 0 Å². The Bertz CT molecular complexity index is 767. The molecule has 0 aliphatic carbocycles. The van der Waals surface area contributed by atoms with E-state index in [0.717, 1.165) is 15.7 Å². The van der Waals surface area contributed by atoms with Crippen molar-refractivity contribution in [1.82, 2.24) is 25.0 Å². The van der Waals surface area contributed by atoms with Crippen molar-refractivity contribution in [2.24, 2.45) is 5.73 Å². The molecular weight excluding hydrogens is 323 g/mol. The number of nitrogens with two attached hydrogens (primary N) is 1. The molecule has 0 spiro atoms. The van der Waals surface area contributed by atoms with E-state index in [-0.39, 0.29) is 12.4 Å². The molecule has 2 aromatic heterocycles. The lowest BCUT2D eigenvalue weighted by Gasteiger charge is -2.08. The molecule has 0 unspecified atom stereocenters. The van der Waals surface area contributed by atoms with E-state index in [1.807, 2.05) is 11.5 Å². The molecule has 114 valence electrons. The van der Waals surface area contributed by atoms with Gasteiger partial charge in [0.1, 0.15) is 15.8 Å². The molecule has 0 amide bonds. The number of aromatic nitrogens is 5. The predicted octanol–water partition coefficient (Wildman–Crippen LogP) is 2.32. The standard InChI is InChI=1S/C13H13FN6S2/c1-8-16-18-12(22-8)7-21-13-19-17-11(6-15)20(13)10-4-2-9(14)3-5-10/h2-5H,6-7,15H2,1H3. The molecule has 3 aromatic rings. The van der Waals surface area contributed by atoms with Crippen LogP contribution in [0, 0.1) is 12.7 Å². The van der Waals surface area contributed by atoms with Crippen molar-refractivity contribution < 1.29 is 4.39 Å². The Morgan fingerprint density at radius 3 is 2.59 bits per heavy atom. The molecule has 2 N–H and O–H groups in total. The first-order valence-electron chi connectivity index (χ1n) is 6.49. The molecule has 1 aromatic carbocycles. The van der Waals surface area contributed by atoms with Crippen LogP contribution >= 0.6 is 23.1 Å². The van der Waals surface area contributed by atoms with Crippen molar-refractivity contribution in [2.75, 3.05) is 0 Å². The monoisotopic (exact) mass is 336 g/mol. The molecule has 0 aliphatic rings. The summed E-state index contributed by atoms with van der Waals surface area (Å²) in [5, 5.41) is 18.9. The number of hydrogen-bond acceptors (Lipinski definition) is 7. The van der Waals surface area contributed by atoms with E-state index >= 15 is 0 Å². The van der Waals surface area contributed by atoms with E-state index in [1.165, 1.54) is 23.9 Å². The summed E-state index contributed by atoms with van der Waals surface area (Å²) < 4.78 is 14.9. The maximum atomic E-state index is 13.1. The Kier molecular flexibility index (Phi) is 4.46. The van der Waals surface area contributed by atoms with Gasteiger partial charge in [-0.2, -0.15) is 0 Å². The smallest absolute Gasteiger partial charge is 0.196 e. The van der Waals surface area contributed by atoms with Gasteiger partial charge in [-0.05, 0) is 31.2 Å². The van der Waals surface area contributed by atoms with E-state index in [9.17, 15) is 4.39 Å². The molecule has 2 heterocycles. The highest BCUT2D eigenvalue weighted by molar-refractivity contribution is 7.98. The van der Waals surface area contributed by atoms with Gasteiger partial charge >= 0.3 is 0 Å². The number of thioether (sulfide) groups is 1. The van der Waals surface area contributed by atoms with Crippen molar-refractivity contribution in [2.45, 2.75) is 24.4 Å². The van der Waals surface area contributed by atoms with E-state index in [2.05, 4.69) is 20.4 Å². The van der Waals surface area contributed by atoms with Crippen LogP contribution in [0.15, 0.2) is 29.4 Å². The normalized spacial score (nSPS) is 11.0. The lowest BCUT2D eigenvalue weighted by Crippen LogP contribution is -2.07. The Morgan fingerprint density at radius 1 is 1.18 bits per heavy atom. The van der Waals surface area contributed by atoms with Gasteiger partial charge in [-0.25, -0.2) is 4.39 Å². The van der Waals surface area contributed by atoms with E-state index in [0.29, 0.717) is 16.7 Å². The highest BCUT2D eigenvalue weighted by atomic mass is 32.2. The molecule has 22 heavy (non-hydrogen) atoms. The quantitative estimate of drug-likeness (QED) is 0.720. The van der Waals surface area contributed by atoms with E-state index in [1.54, 1.807) is 23.5 Å². The summed E-state index contributed by atoms with van der Waals surface area (Å²) in [6, 6.07) is 6.16. The second kappa shape index (κ2) is 6.51. The molecule has 6 nitrogen and oxygen atoms in total. The minimum Gasteiger partial charge on any atom is -0.324 e. The number of halogens is 1. The second-order valence-corrected chi connectivity index (χ2v) is 6.63. The van der Waals surface area contributed by atoms with Crippen LogP contribution in [0.2, 0.25) is 0 Å². The summed E-state index contributed by atoms with van der Waals surface area (Å²) >= 11 is 3.05. The maximum Gasteiger partial charge on any atom is 0.196 e. The summed E-state index contributed by atoms with van der Waals surface area (Å²) in [6.07, 6.45) is 0. The molecule has 0 aliphatic heterocycles. The lowest BCUT2D eigenvalue weighted by molar-refractivity contribution is 0.627. The lowest BCUT2D eigenvalue weighted by atomic mass is 10.3. The minimum atomic E-state index is -0.287. The number of aryl methyl sites for hydroxylation is 1. The fraction of sp³-hybridized carbons (Fsp3) is 0.231. The van der Waals surface area contributed by atoms with Crippen molar-refractivity contribution in [3.8, 4) is 5.69 Å². The summed E-state index contributed by atoms with van der Waals surface area (Å²) in [4.78, 5) is 0. The van der Waals surface area contributed by atoms with Crippen LogP contribution in [0.1, 0.15) is 15.8 Å². The SMILES string of the molecule is Cc1nnc(CSc2nnc(CN)n2-c2ccc(F)cc2)s1. The fourth-order valence-corrected chi connectivity index (χ4v) is 3.56. The molecule has 0 atom stereocenters. The van der Waals surface area contributed by atoms with E-state index in [4.69, 9.17) is 5.73 Å². The van der Waals surface area contributed by atoms with Gasteiger partial charge in [0.05, 0.1) is 12.3 Å². The molecule has 0 radical (unpaired) electrons. The number of hydrogen-bond donors (Lipinski definition) is 1. The zero-order valence-electron chi connectivity index (χ0n) is 11.7. The Balaban J connectivity index is 1.88. The summed E-state index contributed by atoms with van der Waals surface area (Å²) in [6.45, 7) is 2.17. The topological polar surface area (TPSA) is 82.5 Å². The van der Waals surface area contributed by atoms with Crippen LogP contribution in [-0.2, 0) is 12.3 Å². The number of rotatable bonds is 5. The van der Waals surface area contributed by atoms with Gasteiger partial charge < -0.3 is 5.73 Å². The largest absolute Gasteiger partial charge is 0.324 e. The van der Waals surface area contributed by atoms with Crippen LogP contribution < -0.4 is 5.73 Å². The zero-order valence-corrected chi connectivity index (χ0v) is 13.4. The molecular formula is C13H13FN6S2. The fourth-order valence-electron chi connectivity index (χ4n) is 1.90. The van der Waals surface area contributed by atoms with Crippen molar-refractivity contribution >= 4 is 23.1 Å². The van der Waals surface area contributed by atoms with E-state index < -0.39 is 0 Å². The Hall–Kier alpha value is -1.84. The first-order chi connectivity index (χ1) is 10.7. The minimum absolute atomic E-state index is 0.253. The summed E-state index contributed by atoms with van der Waals surface area (Å²) in [5.74, 6) is 0.988. The third-order valence-corrected chi connectivity index (χ3v) is 4.82. The third kappa shape index (κ3) is 3.16. The van der Waals surface area contributed by atoms with Crippen molar-refractivity contribution in [3.63, 3.8) is 0 Å². The second-order valence-electron chi connectivity index (χ2n) is 4.42. The number of nitrogens with zero attached hydrogens (tertiary/aromatic N) is 5. The average molecular weight is 336 g/mol. The van der Waals surface area contributed by atoms with Gasteiger partial charge in [0, 0.05) is 5.69 Å². The Morgan fingerprint density at radius 2 is 1.95 bits per heavy atom. The Labute approximate surface area is 134 Å². The summed E-state index contributed by atoms with van der Waals surface area (Å²) in [5.41, 5.74) is 6.50. The molecule has 9 heteroatoms. The van der Waals surface area contributed by atoms with Gasteiger partial charge in [-0.1, -0.05) is 11.8 Å². The van der Waals surface area contributed by atoms with Gasteiger partial charge in [0.15, 0.2) is 11.0 Å². The zero-order chi connectivity index (χ0) is 15.5. The van der Waals surface area contributed by atoms with Crippen LogP contribution in [0.4, 0.5) is 4.39 Å². The van der Waals surface area contributed by atoms with Crippen molar-refractivity contribution in [1.29, 1.82) is 0 Å².